The molecule has 0 heterocycles. The topological polar surface area (TPSA) is 29.1 Å². The largest absolute Gasteiger partial charge is 0.322 e. The molecule has 1 amide bonds. The molecule has 20 heavy (non-hydrogen) atoms. The Balaban J connectivity index is 2.08. The summed E-state index contributed by atoms with van der Waals surface area (Å²) in [5.74, 6) is 0.451. The fraction of sp³-hybridized carbons (Fsp3) is 0.235. The van der Waals surface area contributed by atoms with Gasteiger partial charge in [-0.25, -0.2) is 0 Å². The molecule has 2 aromatic carbocycles. The minimum Gasteiger partial charge on any atom is -0.322 e. The summed E-state index contributed by atoms with van der Waals surface area (Å²) in [4.78, 5) is 12.1. The van der Waals surface area contributed by atoms with Crippen LogP contribution in [0, 0.1) is 0 Å². The van der Waals surface area contributed by atoms with E-state index in [1.165, 1.54) is 5.56 Å². The van der Waals surface area contributed by atoms with Crippen LogP contribution in [0.25, 0.3) is 0 Å². The third kappa shape index (κ3) is 3.70. The Morgan fingerprint density at radius 2 is 1.90 bits per heavy atom. The van der Waals surface area contributed by atoms with Crippen molar-refractivity contribution in [3.8, 4) is 0 Å². The van der Waals surface area contributed by atoms with E-state index in [0.717, 1.165) is 16.6 Å². The number of nitrogens with one attached hydrogen (secondary N) is 1. The zero-order valence-corrected chi connectivity index (χ0v) is 13.3. The van der Waals surface area contributed by atoms with Gasteiger partial charge in [-0.3, -0.25) is 4.79 Å². The number of hydrogen-bond donors (Lipinski definition) is 1. The van der Waals surface area contributed by atoms with Gasteiger partial charge in [-0.15, -0.1) is 0 Å². The van der Waals surface area contributed by atoms with E-state index < -0.39 is 0 Å². The molecule has 2 aromatic rings. The van der Waals surface area contributed by atoms with Crippen LogP contribution in [0.4, 0.5) is 5.69 Å². The van der Waals surface area contributed by atoms with E-state index in [1.807, 2.05) is 30.3 Å². The average Bonchev–Trinajstić information content (AvgIpc) is 2.47. The van der Waals surface area contributed by atoms with Crippen LogP contribution < -0.4 is 5.32 Å². The van der Waals surface area contributed by atoms with Gasteiger partial charge in [0.2, 0.25) is 0 Å². The molecule has 0 radical (unpaired) electrons. The first-order valence-electron chi connectivity index (χ1n) is 6.77. The fourth-order valence-electron chi connectivity index (χ4n) is 1.96. The first-order chi connectivity index (χ1) is 9.60. The van der Waals surface area contributed by atoms with Gasteiger partial charge < -0.3 is 5.32 Å². The van der Waals surface area contributed by atoms with Gasteiger partial charge in [0.25, 0.3) is 5.91 Å². The minimum absolute atomic E-state index is 0.0948. The van der Waals surface area contributed by atoms with Gasteiger partial charge in [0, 0.05) is 15.7 Å². The summed E-state index contributed by atoms with van der Waals surface area (Å²) in [6.45, 7) is 4.38. The van der Waals surface area contributed by atoms with E-state index >= 15 is 0 Å². The first kappa shape index (κ1) is 14.8. The van der Waals surface area contributed by atoms with Gasteiger partial charge in [-0.05, 0) is 48.2 Å². The van der Waals surface area contributed by atoms with Gasteiger partial charge in [0.1, 0.15) is 0 Å². The third-order valence-corrected chi connectivity index (χ3v) is 3.93. The Hall–Kier alpha value is -1.61. The van der Waals surface area contributed by atoms with Crippen molar-refractivity contribution in [1.82, 2.24) is 0 Å². The molecular weight excluding hydrogens is 314 g/mol. The van der Waals surface area contributed by atoms with Crippen molar-refractivity contribution in [2.24, 2.45) is 0 Å². The van der Waals surface area contributed by atoms with Crippen LogP contribution in [-0.4, -0.2) is 5.91 Å². The Morgan fingerprint density at radius 1 is 1.20 bits per heavy atom. The van der Waals surface area contributed by atoms with Crippen molar-refractivity contribution < 1.29 is 4.79 Å². The van der Waals surface area contributed by atoms with Crippen molar-refractivity contribution in [3.63, 3.8) is 0 Å². The zero-order valence-electron chi connectivity index (χ0n) is 11.7. The van der Waals surface area contributed by atoms with Gasteiger partial charge in [-0.1, -0.05) is 48.0 Å². The molecule has 0 saturated heterocycles. The minimum atomic E-state index is -0.0948. The molecule has 0 aromatic heterocycles. The molecule has 1 N–H and O–H groups in total. The third-order valence-electron chi connectivity index (χ3n) is 3.44. The molecule has 3 heteroatoms. The van der Waals surface area contributed by atoms with Crippen LogP contribution in [-0.2, 0) is 0 Å². The predicted octanol–water partition coefficient (Wildman–Crippen LogP) is 5.21. The molecular formula is C17H18BrNO. The van der Waals surface area contributed by atoms with Gasteiger partial charge in [-0.2, -0.15) is 0 Å². The van der Waals surface area contributed by atoms with Crippen LogP contribution in [0.5, 0.6) is 0 Å². The molecule has 0 spiro atoms. The lowest BCUT2D eigenvalue weighted by atomic mass is 9.98. The lowest BCUT2D eigenvalue weighted by Crippen LogP contribution is -2.11. The second-order valence-corrected chi connectivity index (χ2v) is 5.81. The average molecular weight is 332 g/mol. The molecule has 104 valence electrons. The van der Waals surface area contributed by atoms with E-state index in [9.17, 15) is 4.79 Å². The number of benzene rings is 2. The van der Waals surface area contributed by atoms with E-state index in [1.54, 1.807) is 6.07 Å². The molecule has 0 bridgehead atoms. The second-order valence-electron chi connectivity index (χ2n) is 4.90. The van der Waals surface area contributed by atoms with Crippen LogP contribution in [0.2, 0.25) is 0 Å². The number of anilines is 1. The summed E-state index contributed by atoms with van der Waals surface area (Å²) in [6, 6.07) is 15.4. The van der Waals surface area contributed by atoms with E-state index in [-0.39, 0.29) is 5.91 Å². The van der Waals surface area contributed by atoms with Crippen LogP contribution >= 0.6 is 15.9 Å². The maximum absolute atomic E-state index is 12.1. The predicted molar refractivity (Wildman–Crippen MR) is 87.2 cm³/mol. The summed E-state index contributed by atoms with van der Waals surface area (Å²) >= 11 is 3.37. The van der Waals surface area contributed by atoms with Gasteiger partial charge in [0.05, 0.1) is 0 Å². The Morgan fingerprint density at radius 3 is 2.50 bits per heavy atom. The highest BCUT2D eigenvalue weighted by Gasteiger charge is 2.07. The summed E-state index contributed by atoms with van der Waals surface area (Å²) < 4.78 is 0.900. The molecule has 0 aliphatic carbocycles. The van der Waals surface area contributed by atoms with Crippen molar-refractivity contribution in [2.45, 2.75) is 26.2 Å². The van der Waals surface area contributed by atoms with Crippen LogP contribution in [0.1, 0.15) is 42.1 Å². The molecule has 0 aliphatic heterocycles. The smallest absolute Gasteiger partial charge is 0.255 e. The highest BCUT2D eigenvalue weighted by molar-refractivity contribution is 9.10. The maximum atomic E-state index is 12.1. The number of amides is 1. The maximum Gasteiger partial charge on any atom is 0.255 e. The Labute approximate surface area is 128 Å². The van der Waals surface area contributed by atoms with Crippen molar-refractivity contribution in [2.75, 3.05) is 5.32 Å². The van der Waals surface area contributed by atoms with E-state index in [4.69, 9.17) is 0 Å². The van der Waals surface area contributed by atoms with Gasteiger partial charge >= 0.3 is 0 Å². The van der Waals surface area contributed by atoms with E-state index in [0.29, 0.717) is 11.5 Å². The number of carbonyl (C=O) groups is 1. The molecule has 0 fully saturated rings. The highest BCUT2D eigenvalue weighted by Crippen LogP contribution is 2.21. The Bertz CT molecular complexity index is 592. The van der Waals surface area contributed by atoms with Gasteiger partial charge in [0.15, 0.2) is 0 Å². The molecule has 2 rings (SSSR count). The number of rotatable bonds is 4. The molecule has 2 nitrogen and oxygen atoms in total. The molecule has 1 atom stereocenters. The summed E-state index contributed by atoms with van der Waals surface area (Å²) in [5, 5.41) is 2.91. The summed E-state index contributed by atoms with van der Waals surface area (Å²) in [6.07, 6.45) is 1.11. The van der Waals surface area contributed by atoms with Crippen LogP contribution in [0.3, 0.4) is 0 Å². The lowest BCUT2D eigenvalue weighted by molar-refractivity contribution is 0.102. The normalized spacial score (nSPS) is 11.9. The monoisotopic (exact) mass is 331 g/mol. The molecule has 0 unspecified atom stereocenters. The SMILES string of the molecule is CC[C@@H](C)c1ccc(NC(=O)c2cccc(Br)c2)cc1. The van der Waals surface area contributed by atoms with E-state index in [2.05, 4.69) is 47.2 Å². The van der Waals surface area contributed by atoms with Crippen molar-refractivity contribution >= 4 is 27.5 Å². The number of carbonyl (C=O) groups excluding carboxylic acids is 1. The van der Waals surface area contributed by atoms with Crippen molar-refractivity contribution in [3.05, 3.63) is 64.1 Å². The Kier molecular flexibility index (Phi) is 4.96. The quantitative estimate of drug-likeness (QED) is 0.818. The molecule has 0 aliphatic rings. The second kappa shape index (κ2) is 6.71. The number of halogens is 1. The van der Waals surface area contributed by atoms with Crippen molar-refractivity contribution in [1.29, 1.82) is 0 Å². The fourth-order valence-corrected chi connectivity index (χ4v) is 2.36. The zero-order chi connectivity index (χ0) is 14.5. The summed E-state index contributed by atoms with van der Waals surface area (Å²) in [7, 11) is 0. The standard InChI is InChI=1S/C17H18BrNO/c1-3-12(2)13-7-9-16(10-8-13)19-17(20)14-5-4-6-15(18)11-14/h4-12H,3H2,1-2H3,(H,19,20)/t12-/m1/s1. The first-order valence-corrected chi connectivity index (χ1v) is 7.56. The summed E-state index contributed by atoms with van der Waals surface area (Å²) in [5.41, 5.74) is 2.76. The number of hydrogen-bond acceptors (Lipinski definition) is 1. The van der Waals surface area contributed by atoms with Crippen LogP contribution in [0.15, 0.2) is 53.0 Å². The lowest BCUT2D eigenvalue weighted by Gasteiger charge is -2.10. The highest BCUT2D eigenvalue weighted by atomic mass is 79.9. The molecule has 0 saturated carbocycles.